The van der Waals surface area contributed by atoms with Gasteiger partial charge in [-0.25, -0.2) is 0 Å². The fourth-order valence-corrected chi connectivity index (χ4v) is 1.82. The molecule has 2 heteroatoms. The van der Waals surface area contributed by atoms with Crippen molar-refractivity contribution in [3.05, 3.63) is 77.9 Å². The monoisotopic (exact) mass is 240 g/mol. The van der Waals surface area contributed by atoms with Crippen molar-refractivity contribution in [1.82, 2.24) is 0 Å². The molecular weight excluding hydrogens is 224 g/mol. The molecule has 1 atom stereocenters. The van der Waals surface area contributed by atoms with Crippen LogP contribution in [-0.2, 0) is 5.60 Å². The highest BCUT2D eigenvalue weighted by atomic mass is 16.3. The number of hydrogen-bond donors (Lipinski definition) is 2. The van der Waals surface area contributed by atoms with E-state index in [0.717, 1.165) is 5.56 Å². The Morgan fingerprint density at radius 3 is 2.00 bits per heavy atom. The summed E-state index contributed by atoms with van der Waals surface area (Å²) in [4.78, 5) is 0. The summed E-state index contributed by atoms with van der Waals surface area (Å²) in [5.41, 5.74) is 0.238. The zero-order chi connectivity index (χ0) is 13.0. The average Bonchev–Trinajstić information content (AvgIpc) is 2.40. The van der Waals surface area contributed by atoms with Crippen molar-refractivity contribution in [3.63, 3.8) is 0 Å². The third-order valence-electron chi connectivity index (χ3n) is 2.85. The lowest BCUT2D eigenvalue weighted by molar-refractivity contribution is 0.110. The molecule has 1 unspecified atom stereocenters. The van der Waals surface area contributed by atoms with E-state index >= 15 is 0 Å². The average molecular weight is 240 g/mol. The summed E-state index contributed by atoms with van der Waals surface area (Å²) >= 11 is 0. The van der Waals surface area contributed by atoms with E-state index < -0.39 is 5.60 Å². The molecule has 2 N–H and O–H groups in total. The van der Waals surface area contributed by atoms with Crippen LogP contribution in [0.2, 0.25) is 0 Å². The van der Waals surface area contributed by atoms with E-state index in [9.17, 15) is 10.2 Å². The van der Waals surface area contributed by atoms with Crippen LogP contribution >= 0.6 is 0 Å². The second-order valence-electron chi connectivity index (χ2n) is 4.41. The first-order valence-corrected chi connectivity index (χ1v) is 5.85. The maximum Gasteiger partial charge on any atom is 0.122 e. The van der Waals surface area contributed by atoms with Crippen molar-refractivity contribution in [3.8, 4) is 0 Å². The summed E-state index contributed by atoms with van der Waals surface area (Å²) in [6.45, 7) is 1.65. The number of rotatable bonds is 3. The molecule has 2 nitrogen and oxygen atoms in total. The van der Waals surface area contributed by atoms with Crippen LogP contribution in [0.15, 0.2) is 66.7 Å². The fourth-order valence-electron chi connectivity index (χ4n) is 1.82. The zero-order valence-corrected chi connectivity index (χ0v) is 10.2. The highest BCUT2D eigenvalue weighted by Crippen LogP contribution is 2.25. The summed E-state index contributed by atoms with van der Waals surface area (Å²) in [6, 6.07) is 18.4. The zero-order valence-electron chi connectivity index (χ0n) is 10.2. The van der Waals surface area contributed by atoms with Gasteiger partial charge in [-0.15, -0.1) is 0 Å². The summed E-state index contributed by atoms with van der Waals surface area (Å²) in [7, 11) is 0. The molecule has 92 valence electrons. The molecule has 0 radical (unpaired) electrons. The Kier molecular flexibility index (Phi) is 3.49. The van der Waals surface area contributed by atoms with E-state index in [1.807, 2.05) is 48.5 Å². The summed E-state index contributed by atoms with van der Waals surface area (Å²) in [6.07, 6.45) is 1.46. The lowest BCUT2D eigenvalue weighted by Crippen LogP contribution is -2.18. The number of benzene rings is 2. The van der Waals surface area contributed by atoms with Crippen molar-refractivity contribution in [2.24, 2.45) is 0 Å². The minimum absolute atomic E-state index is 0.0736. The Hall–Kier alpha value is -2.06. The van der Waals surface area contributed by atoms with E-state index in [1.54, 1.807) is 19.1 Å². The lowest BCUT2D eigenvalue weighted by Gasteiger charge is -2.20. The highest BCUT2D eigenvalue weighted by molar-refractivity contribution is 5.59. The van der Waals surface area contributed by atoms with Gasteiger partial charge in [0, 0.05) is 5.56 Å². The van der Waals surface area contributed by atoms with Crippen LogP contribution in [-0.4, -0.2) is 10.2 Å². The van der Waals surface area contributed by atoms with Crippen molar-refractivity contribution in [1.29, 1.82) is 0 Å². The highest BCUT2D eigenvalue weighted by Gasteiger charge is 2.21. The van der Waals surface area contributed by atoms with Crippen molar-refractivity contribution >= 4 is 5.76 Å². The molecule has 2 aromatic rings. The van der Waals surface area contributed by atoms with E-state index in [0.29, 0.717) is 5.56 Å². The quantitative estimate of drug-likeness (QED) is 0.806. The molecular formula is C16H16O2. The van der Waals surface area contributed by atoms with E-state index in [1.165, 1.54) is 6.08 Å². The molecule has 0 saturated carbocycles. The Labute approximate surface area is 107 Å². The molecule has 0 aliphatic heterocycles. The molecule has 0 aliphatic carbocycles. The van der Waals surface area contributed by atoms with Crippen LogP contribution < -0.4 is 0 Å². The Morgan fingerprint density at radius 2 is 1.44 bits per heavy atom. The molecule has 2 aromatic carbocycles. The van der Waals surface area contributed by atoms with Gasteiger partial charge in [0.15, 0.2) is 0 Å². The number of hydrogen-bond acceptors (Lipinski definition) is 2. The molecule has 0 aromatic heterocycles. The van der Waals surface area contributed by atoms with Crippen LogP contribution in [0.1, 0.15) is 18.1 Å². The molecule has 0 bridgehead atoms. The minimum atomic E-state index is -1.19. The minimum Gasteiger partial charge on any atom is -0.508 e. The molecule has 0 amide bonds. The molecule has 0 heterocycles. The van der Waals surface area contributed by atoms with E-state index in [2.05, 4.69) is 0 Å². The second kappa shape index (κ2) is 5.07. The normalized spacial score (nSPS) is 15.1. The molecule has 0 fully saturated rings. The van der Waals surface area contributed by atoms with Gasteiger partial charge in [-0.1, -0.05) is 60.7 Å². The first kappa shape index (κ1) is 12.4. The van der Waals surface area contributed by atoms with E-state index in [-0.39, 0.29) is 5.76 Å². The smallest absolute Gasteiger partial charge is 0.122 e. The van der Waals surface area contributed by atoms with E-state index in [4.69, 9.17) is 0 Å². The van der Waals surface area contributed by atoms with Crippen LogP contribution in [0, 0.1) is 0 Å². The van der Waals surface area contributed by atoms with Gasteiger partial charge in [-0.3, -0.25) is 0 Å². The predicted octanol–water partition coefficient (Wildman–Crippen LogP) is 3.49. The number of aliphatic hydroxyl groups excluding tert-OH is 1. The van der Waals surface area contributed by atoms with Crippen LogP contribution in [0.3, 0.4) is 0 Å². The molecule has 0 aliphatic rings. The van der Waals surface area contributed by atoms with Gasteiger partial charge >= 0.3 is 0 Å². The van der Waals surface area contributed by atoms with Gasteiger partial charge in [0.2, 0.25) is 0 Å². The van der Waals surface area contributed by atoms with Crippen LogP contribution in [0.4, 0.5) is 0 Å². The summed E-state index contributed by atoms with van der Waals surface area (Å²) < 4.78 is 0. The third-order valence-corrected chi connectivity index (χ3v) is 2.85. The van der Waals surface area contributed by atoms with Crippen molar-refractivity contribution in [2.45, 2.75) is 12.5 Å². The van der Waals surface area contributed by atoms with Crippen LogP contribution in [0.25, 0.3) is 5.76 Å². The molecule has 18 heavy (non-hydrogen) atoms. The van der Waals surface area contributed by atoms with Gasteiger partial charge in [0.25, 0.3) is 0 Å². The van der Waals surface area contributed by atoms with Gasteiger partial charge in [0.1, 0.15) is 11.4 Å². The topological polar surface area (TPSA) is 40.5 Å². The molecule has 0 saturated heterocycles. The third kappa shape index (κ3) is 2.79. The standard InChI is InChI=1S/C16H16O2/c1-16(18,14-10-6-3-7-11-14)12-15(17)13-8-4-2-5-9-13/h2-12,17-18H,1H3/b15-12-. The van der Waals surface area contributed by atoms with Gasteiger partial charge < -0.3 is 10.2 Å². The van der Waals surface area contributed by atoms with Crippen molar-refractivity contribution in [2.75, 3.05) is 0 Å². The first-order valence-electron chi connectivity index (χ1n) is 5.85. The number of aliphatic hydroxyl groups is 2. The largest absolute Gasteiger partial charge is 0.508 e. The molecule has 2 rings (SSSR count). The second-order valence-corrected chi connectivity index (χ2v) is 4.41. The van der Waals surface area contributed by atoms with Gasteiger partial charge in [-0.2, -0.15) is 0 Å². The first-order chi connectivity index (χ1) is 8.59. The molecule has 0 spiro atoms. The lowest BCUT2D eigenvalue weighted by atomic mass is 9.94. The van der Waals surface area contributed by atoms with Crippen molar-refractivity contribution < 1.29 is 10.2 Å². The van der Waals surface area contributed by atoms with Gasteiger partial charge in [0.05, 0.1) is 0 Å². The van der Waals surface area contributed by atoms with Crippen LogP contribution in [0.5, 0.6) is 0 Å². The Balaban J connectivity index is 2.32. The maximum atomic E-state index is 10.4. The Morgan fingerprint density at radius 1 is 0.944 bits per heavy atom. The predicted molar refractivity (Wildman–Crippen MR) is 73.1 cm³/mol. The fraction of sp³-hybridized carbons (Fsp3) is 0.125. The van der Waals surface area contributed by atoms with Gasteiger partial charge in [-0.05, 0) is 18.6 Å². The maximum absolute atomic E-state index is 10.4. The SMILES string of the molecule is CC(O)(/C=C(\O)c1ccccc1)c1ccccc1. The Bertz CT molecular complexity index is 528. The summed E-state index contributed by atoms with van der Waals surface area (Å²) in [5.74, 6) is 0.0736. The summed E-state index contributed by atoms with van der Waals surface area (Å²) in [5, 5.41) is 20.4.